The van der Waals surface area contributed by atoms with Crippen molar-refractivity contribution in [2.45, 2.75) is 13.8 Å². The first-order valence-electron chi connectivity index (χ1n) is 3.69. The summed E-state index contributed by atoms with van der Waals surface area (Å²) < 4.78 is 0. The van der Waals surface area contributed by atoms with E-state index in [2.05, 4.69) is 29.9 Å². The Labute approximate surface area is 65.3 Å². The van der Waals surface area contributed by atoms with Crippen LogP contribution >= 0.6 is 0 Å². The summed E-state index contributed by atoms with van der Waals surface area (Å²) >= 11 is 0. The van der Waals surface area contributed by atoms with E-state index in [0.29, 0.717) is 0 Å². The predicted molar refractivity (Wildman–Crippen MR) is 45.6 cm³/mol. The number of hydrogen-bond acceptors (Lipinski definition) is 1. The average molecular weight is 146 g/mol. The smallest absolute Gasteiger partial charge is 0.137 e. The largest absolute Gasteiger partial charge is 0.343 e. The Kier molecular flexibility index (Phi) is 1.22. The van der Waals surface area contributed by atoms with Crippen molar-refractivity contribution in [1.82, 2.24) is 9.97 Å². The molecule has 0 aliphatic carbocycles. The number of pyridine rings is 1. The maximum atomic E-state index is 4.21. The van der Waals surface area contributed by atoms with Crippen LogP contribution in [0.4, 0.5) is 0 Å². The highest BCUT2D eigenvalue weighted by atomic mass is 14.8. The highest BCUT2D eigenvalue weighted by molar-refractivity contribution is 5.80. The van der Waals surface area contributed by atoms with Crippen LogP contribution in [0.5, 0.6) is 0 Å². The van der Waals surface area contributed by atoms with Crippen LogP contribution in [0, 0.1) is 13.8 Å². The number of aromatic nitrogens is 2. The summed E-state index contributed by atoms with van der Waals surface area (Å²) in [5, 5.41) is 1.23. The number of nitrogens with one attached hydrogen (secondary N) is 1. The van der Waals surface area contributed by atoms with Gasteiger partial charge in [0.1, 0.15) is 5.65 Å². The molecule has 1 N–H and O–H groups in total. The standard InChI is InChI=1S/C9H10N2/c1-6-7(2)11-9-8(6)4-3-5-10-9/h3-5H,1-2H3,(H,10,11). The molecule has 0 aliphatic heterocycles. The molecule has 2 nitrogen and oxygen atoms in total. The van der Waals surface area contributed by atoms with Gasteiger partial charge in [0.05, 0.1) is 0 Å². The van der Waals surface area contributed by atoms with Crippen LogP contribution in [-0.4, -0.2) is 9.97 Å². The summed E-state index contributed by atoms with van der Waals surface area (Å²) in [4.78, 5) is 7.42. The fraction of sp³-hybridized carbons (Fsp3) is 0.222. The molecule has 0 unspecified atom stereocenters. The molecule has 0 aliphatic rings. The van der Waals surface area contributed by atoms with Gasteiger partial charge in [-0.15, -0.1) is 0 Å². The Bertz CT molecular complexity index is 387. The number of hydrogen-bond donors (Lipinski definition) is 1. The number of nitrogens with zero attached hydrogens (tertiary/aromatic N) is 1. The molecule has 0 bridgehead atoms. The van der Waals surface area contributed by atoms with Gasteiger partial charge in [0.15, 0.2) is 0 Å². The third-order valence-electron chi connectivity index (χ3n) is 2.08. The van der Waals surface area contributed by atoms with Crippen molar-refractivity contribution in [2.24, 2.45) is 0 Å². The Morgan fingerprint density at radius 3 is 2.91 bits per heavy atom. The molecule has 0 fully saturated rings. The van der Waals surface area contributed by atoms with Gasteiger partial charge in [0.25, 0.3) is 0 Å². The third-order valence-corrected chi connectivity index (χ3v) is 2.08. The van der Waals surface area contributed by atoms with Crippen molar-refractivity contribution in [3.63, 3.8) is 0 Å². The van der Waals surface area contributed by atoms with E-state index in [0.717, 1.165) is 5.65 Å². The van der Waals surface area contributed by atoms with E-state index in [1.165, 1.54) is 16.6 Å². The molecule has 2 heterocycles. The number of aromatic amines is 1. The fourth-order valence-corrected chi connectivity index (χ4v) is 1.28. The molecular weight excluding hydrogens is 136 g/mol. The van der Waals surface area contributed by atoms with Crippen LogP contribution in [0.3, 0.4) is 0 Å². The molecule has 2 aromatic rings. The lowest BCUT2D eigenvalue weighted by Gasteiger charge is -1.87. The second-order valence-corrected chi connectivity index (χ2v) is 2.77. The van der Waals surface area contributed by atoms with Crippen molar-refractivity contribution in [1.29, 1.82) is 0 Å². The van der Waals surface area contributed by atoms with Gasteiger partial charge in [-0.1, -0.05) is 0 Å². The summed E-state index contributed by atoms with van der Waals surface area (Å²) in [6, 6.07) is 4.05. The highest BCUT2D eigenvalue weighted by Gasteiger charge is 2.01. The minimum atomic E-state index is 0.988. The minimum Gasteiger partial charge on any atom is -0.343 e. The lowest BCUT2D eigenvalue weighted by Crippen LogP contribution is -1.72. The van der Waals surface area contributed by atoms with Gasteiger partial charge in [0, 0.05) is 17.3 Å². The Morgan fingerprint density at radius 1 is 1.36 bits per heavy atom. The van der Waals surface area contributed by atoms with E-state index in [1.54, 1.807) is 6.20 Å². The first-order chi connectivity index (χ1) is 5.29. The second-order valence-electron chi connectivity index (χ2n) is 2.77. The summed E-state index contributed by atoms with van der Waals surface area (Å²) in [7, 11) is 0. The molecule has 11 heavy (non-hydrogen) atoms. The van der Waals surface area contributed by atoms with Crippen molar-refractivity contribution in [3.8, 4) is 0 Å². The zero-order chi connectivity index (χ0) is 7.84. The van der Waals surface area contributed by atoms with Crippen LogP contribution < -0.4 is 0 Å². The molecule has 0 saturated heterocycles. The van der Waals surface area contributed by atoms with Crippen LogP contribution in [0.15, 0.2) is 18.3 Å². The molecule has 0 amide bonds. The summed E-state index contributed by atoms with van der Waals surface area (Å²) in [6.07, 6.45) is 1.80. The zero-order valence-corrected chi connectivity index (χ0v) is 6.68. The summed E-state index contributed by atoms with van der Waals surface area (Å²) in [5.74, 6) is 0. The number of rotatable bonds is 0. The number of aryl methyl sites for hydroxylation is 2. The van der Waals surface area contributed by atoms with E-state index in [4.69, 9.17) is 0 Å². The SMILES string of the molecule is Cc1[nH]c2ncccc2c1C. The van der Waals surface area contributed by atoms with E-state index < -0.39 is 0 Å². The van der Waals surface area contributed by atoms with Crippen molar-refractivity contribution >= 4 is 11.0 Å². The normalized spacial score (nSPS) is 10.7. The van der Waals surface area contributed by atoms with E-state index in [-0.39, 0.29) is 0 Å². The molecule has 0 aromatic carbocycles. The molecule has 0 atom stereocenters. The van der Waals surface area contributed by atoms with Gasteiger partial charge < -0.3 is 4.98 Å². The van der Waals surface area contributed by atoms with Crippen LogP contribution in [0.1, 0.15) is 11.3 Å². The van der Waals surface area contributed by atoms with Crippen LogP contribution in [0.2, 0.25) is 0 Å². The van der Waals surface area contributed by atoms with Crippen molar-refractivity contribution in [2.75, 3.05) is 0 Å². The Balaban J connectivity index is 2.92. The first-order valence-corrected chi connectivity index (χ1v) is 3.69. The molecule has 2 rings (SSSR count). The second kappa shape index (κ2) is 2.09. The monoisotopic (exact) mass is 146 g/mol. The van der Waals surface area contributed by atoms with Crippen LogP contribution in [0.25, 0.3) is 11.0 Å². The first kappa shape index (κ1) is 6.40. The zero-order valence-electron chi connectivity index (χ0n) is 6.68. The third kappa shape index (κ3) is 0.827. The lowest BCUT2D eigenvalue weighted by molar-refractivity contribution is 1.22. The predicted octanol–water partition coefficient (Wildman–Crippen LogP) is 2.18. The van der Waals surface area contributed by atoms with Gasteiger partial charge in [0.2, 0.25) is 0 Å². The maximum absolute atomic E-state index is 4.21. The van der Waals surface area contributed by atoms with Gasteiger partial charge >= 0.3 is 0 Å². The topological polar surface area (TPSA) is 28.7 Å². The van der Waals surface area contributed by atoms with Gasteiger partial charge in [-0.25, -0.2) is 4.98 Å². The Hall–Kier alpha value is -1.31. The molecule has 0 radical (unpaired) electrons. The quantitative estimate of drug-likeness (QED) is 0.606. The molecule has 0 spiro atoms. The van der Waals surface area contributed by atoms with Gasteiger partial charge in [-0.3, -0.25) is 0 Å². The summed E-state index contributed by atoms with van der Waals surface area (Å²) in [6.45, 7) is 4.17. The Morgan fingerprint density at radius 2 is 2.18 bits per heavy atom. The minimum absolute atomic E-state index is 0.988. The van der Waals surface area contributed by atoms with E-state index >= 15 is 0 Å². The molecule has 56 valence electrons. The molecule has 2 aromatic heterocycles. The van der Waals surface area contributed by atoms with Gasteiger partial charge in [-0.2, -0.15) is 0 Å². The van der Waals surface area contributed by atoms with Crippen molar-refractivity contribution in [3.05, 3.63) is 29.6 Å². The van der Waals surface area contributed by atoms with Crippen molar-refractivity contribution < 1.29 is 0 Å². The summed E-state index contributed by atoms with van der Waals surface area (Å²) in [5.41, 5.74) is 3.49. The van der Waals surface area contributed by atoms with Gasteiger partial charge in [-0.05, 0) is 31.5 Å². The molecule has 0 saturated carbocycles. The van der Waals surface area contributed by atoms with E-state index in [9.17, 15) is 0 Å². The molecule has 2 heteroatoms. The molecular formula is C9H10N2. The average Bonchev–Trinajstić information content (AvgIpc) is 2.30. The number of H-pyrrole nitrogens is 1. The number of fused-ring (bicyclic) bond motifs is 1. The van der Waals surface area contributed by atoms with E-state index in [1.807, 2.05) is 6.07 Å². The fourth-order valence-electron chi connectivity index (χ4n) is 1.28. The van der Waals surface area contributed by atoms with Crippen LogP contribution in [-0.2, 0) is 0 Å². The maximum Gasteiger partial charge on any atom is 0.137 e. The lowest BCUT2D eigenvalue weighted by atomic mass is 10.2. The highest BCUT2D eigenvalue weighted by Crippen LogP contribution is 2.17.